The normalized spacial score (nSPS) is 11.6. The second-order valence-corrected chi connectivity index (χ2v) is 5.14. The van der Waals surface area contributed by atoms with Crippen LogP contribution in [0.25, 0.3) is 0 Å². The highest BCUT2D eigenvalue weighted by Gasteiger charge is 2.20. The van der Waals surface area contributed by atoms with E-state index in [1.807, 2.05) is 27.7 Å². The predicted molar refractivity (Wildman–Crippen MR) is 72.1 cm³/mol. The summed E-state index contributed by atoms with van der Waals surface area (Å²) in [7, 11) is 0. The summed E-state index contributed by atoms with van der Waals surface area (Å²) in [6.07, 6.45) is 0. The van der Waals surface area contributed by atoms with Gasteiger partial charge in [0.2, 0.25) is 5.76 Å². The molecular formula is C14H23NO4. The molecule has 1 aromatic rings. The molecule has 1 heterocycles. The molecule has 0 aromatic carbocycles. The summed E-state index contributed by atoms with van der Waals surface area (Å²) < 4.78 is 15.8. The summed E-state index contributed by atoms with van der Waals surface area (Å²) in [4.78, 5) is 11.7. The van der Waals surface area contributed by atoms with Crippen LogP contribution in [0, 0.1) is 0 Å². The standard InChI is InChI=1S/C14H23NO4/c1-5-17-9-8-15-10-11-6-7-12(18-11)13(16)19-14(2,3)4/h6-7,15H,5,8-10H2,1-4H3. The van der Waals surface area contributed by atoms with E-state index in [1.54, 1.807) is 12.1 Å². The number of rotatable bonds is 7. The molecule has 0 spiro atoms. The van der Waals surface area contributed by atoms with E-state index in [1.165, 1.54) is 0 Å². The minimum absolute atomic E-state index is 0.233. The summed E-state index contributed by atoms with van der Waals surface area (Å²) in [5, 5.41) is 3.17. The molecule has 0 aliphatic rings. The number of hydrogen-bond acceptors (Lipinski definition) is 5. The van der Waals surface area contributed by atoms with Crippen LogP contribution in [0.5, 0.6) is 0 Å². The second-order valence-electron chi connectivity index (χ2n) is 5.14. The van der Waals surface area contributed by atoms with E-state index in [0.717, 1.165) is 6.54 Å². The first-order chi connectivity index (χ1) is 8.92. The van der Waals surface area contributed by atoms with Gasteiger partial charge < -0.3 is 19.2 Å². The fourth-order valence-corrected chi connectivity index (χ4v) is 1.41. The van der Waals surface area contributed by atoms with Crippen LogP contribution in [0.15, 0.2) is 16.5 Å². The number of carbonyl (C=O) groups excluding carboxylic acids is 1. The SMILES string of the molecule is CCOCCNCc1ccc(C(=O)OC(C)(C)C)o1. The van der Waals surface area contributed by atoms with E-state index in [4.69, 9.17) is 13.9 Å². The molecule has 0 radical (unpaired) electrons. The van der Waals surface area contributed by atoms with Crippen molar-refractivity contribution < 1.29 is 18.7 Å². The van der Waals surface area contributed by atoms with Gasteiger partial charge in [-0.15, -0.1) is 0 Å². The van der Waals surface area contributed by atoms with Gasteiger partial charge >= 0.3 is 5.97 Å². The van der Waals surface area contributed by atoms with Crippen molar-refractivity contribution in [3.63, 3.8) is 0 Å². The highest BCUT2D eigenvalue weighted by molar-refractivity contribution is 5.86. The molecule has 0 saturated carbocycles. The average molecular weight is 269 g/mol. The molecule has 1 rings (SSSR count). The number of hydrogen-bond donors (Lipinski definition) is 1. The minimum atomic E-state index is -0.514. The molecule has 5 heteroatoms. The number of esters is 1. The molecule has 0 fully saturated rings. The van der Waals surface area contributed by atoms with Gasteiger partial charge in [0.15, 0.2) is 0 Å². The molecule has 1 aromatic heterocycles. The summed E-state index contributed by atoms with van der Waals surface area (Å²) in [6.45, 7) is 10.1. The zero-order valence-electron chi connectivity index (χ0n) is 12.1. The van der Waals surface area contributed by atoms with Gasteiger partial charge in [-0.3, -0.25) is 0 Å². The Balaban J connectivity index is 2.37. The molecule has 0 unspecified atom stereocenters. The van der Waals surface area contributed by atoms with Crippen LogP contribution >= 0.6 is 0 Å². The Morgan fingerprint density at radius 3 is 2.74 bits per heavy atom. The Hall–Kier alpha value is -1.33. The zero-order chi connectivity index (χ0) is 14.3. The first kappa shape index (κ1) is 15.7. The van der Waals surface area contributed by atoms with E-state index in [9.17, 15) is 4.79 Å². The maximum absolute atomic E-state index is 11.7. The first-order valence-electron chi connectivity index (χ1n) is 6.53. The van der Waals surface area contributed by atoms with Gasteiger partial charge in [0.1, 0.15) is 11.4 Å². The fraction of sp³-hybridized carbons (Fsp3) is 0.643. The Morgan fingerprint density at radius 2 is 2.11 bits per heavy atom. The van der Waals surface area contributed by atoms with Gasteiger partial charge in [-0.1, -0.05) is 0 Å². The van der Waals surface area contributed by atoms with Crippen molar-refractivity contribution >= 4 is 5.97 Å². The topological polar surface area (TPSA) is 60.7 Å². The maximum Gasteiger partial charge on any atom is 0.374 e. The third-order valence-corrected chi connectivity index (χ3v) is 2.19. The molecule has 0 bridgehead atoms. The quantitative estimate of drug-likeness (QED) is 0.608. The van der Waals surface area contributed by atoms with Crippen molar-refractivity contribution in [1.82, 2.24) is 5.32 Å². The molecule has 0 aliphatic carbocycles. The highest BCUT2D eigenvalue weighted by atomic mass is 16.6. The van der Waals surface area contributed by atoms with Crippen LogP contribution in [0.1, 0.15) is 44.0 Å². The van der Waals surface area contributed by atoms with Crippen LogP contribution in [0.4, 0.5) is 0 Å². The number of ether oxygens (including phenoxy) is 2. The van der Waals surface area contributed by atoms with Gasteiger partial charge in [-0.05, 0) is 39.8 Å². The van der Waals surface area contributed by atoms with Gasteiger partial charge in [-0.25, -0.2) is 4.79 Å². The van der Waals surface area contributed by atoms with Crippen LogP contribution in [0.2, 0.25) is 0 Å². The lowest BCUT2D eigenvalue weighted by Crippen LogP contribution is -2.23. The van der Waals surface area contributed by atoms with Crippen molar-refractivity contribution in [3.05, 3.63) is 23.7 Å². The molecular weight excluding hydrogens is 246 g/mol. The van der Waals surface area contributed by atoms with E-state index in [-0.39, 0.29) is 5.76 Å². The lowest BCUT2D eigenvalue weighted by atomic mass is 10.2. The summed E-state index contributed by atoms with van der Waals surface area (Å²) in [6, 6.07) is 3.40. The van der Waals surface area contributed by atoms with Gasteiger partial charge in [-0.2, -0.15) is 0 Å². The Labute approximate surface area is 114 Å². The van der Waals surface area contributed by atoms with Crippen LogP contribution in [-0.2, 0) is 16.0 Å². The van der Waals surface area contributed by atoms with Gasteiger partial charge in [0.25, 0.3) is 0 Å². The Kier molecular flexibility index (Phi) is 6.05. The van der Waals surface area contributed by atoms with Crippen LogP contribution in [-0.4, -0.2) is 31.3 Å². The number of furan rings is 1. The van der Waals surface area contributed by atoms with Gasteiger partial charge in [0, 0.05) is 13.2 Å². The minimum Gasteiger partial charge on any atom is -0.454 e. The largest absolute Gasteiger partial charge is 0.454 e. The lowest BCUT2D eigenvalue weighted by molar-refractivity contribution is 0.00341. The molecule has 0 aliphatic heterocycles. The lowest BCUT2D eigenvalue weighted by Gasteiger charge is -2.18. The highest BCUT2D eigenvalue weighted by Crippen LogP contribution is 2.14. The van der Waals surface area contributed by atoms with Crippen molar-refractivity contribution in [2.45, 2.75) is 39.8 Å². The van der Waals surface area contributed by atoms with Crippen LogP contribution in [0.3, 0.4) is 0 Å². The number of carbonyl (C=O) groups is 1. The molecule has 5 nitrogen and oxygen atoms in total. The second kappa shape index (κ2) is 7.31. The third kappa shape index (κ3) is 6.40. The zero-order valence-corrected chi connectivity index (χ0v) is 12.1. The summed E-state index contributed by atoms with van der Waals surface area (Å²) in [5.41, 5.74) is -0.514. The molecule has 0 atom stereocenters. The molecule has 0 saturated heterocycles. The van der Waals surface area contributed by atoms with Crippen molar-refractivity contribution in [3.8, 4) is 0 Å². The molecule has 1 N–H and O–H groups in total. The van der Waals surface area contributed by atoms with E-state index in [0.29, 0.717) is 25.5 Å². The molecule has 0 amide bonds. The van der Waals surface area contributed by atoms with Gasteiger partial charge in [0.05, 0.1) is 13.2 Å². The molecule has 19 heavy (non-hydrogen) atoms. The van der Waals surface area contributed by atoms with Crippen molar-refractivity contribution in [1.29, 1.82) is 0 Å². The fourth-order valence-electron chi connectivity index (χ4n) is 1.41. The van der Waals surface area contributed by atoms with Crippen molar-refractivity contribution in [2.75, 3.05) is 19.8 Å². The average Bonchev–Trinajstić information content (AvgIpc) is 2.75. The van der Waals surface area contributed by atoms with E-state index >= 15 is 0 Å². The van der Waals surface area contributed by atoms with Crippen molar-refractivity contribution in [2.24, 2.45) is 0 Å². The summed E-state index contributed by atoms with van der Waals surface area (Å²) >= 11 is 0. The molecule has 108 valence electrons. The number of nitrogens with one attached hydrogen (secondary N) is 1. The maximum atomic E-state index is 11.7. The monoisotopic (exact) mass is 269 g/mol. The van der Waals surface area contributed by atoms with Crippen LogP contribution < -0.4 is 5.32 Å². The van der Waals surface area contributed by atoms with E-state index in [2.05, 4.69) is 5.32 Å². The first-order valence-corrected chi connectivity index (χ1v) is 6.53. The Bertz CT molecular complexity index is 392. The predicted octanol–water partition coefficient (Wildman–Crippen LogP) is 2.36. The third-order valence-electron chi connectivity index (χ3n) is 2.19. The smallest absolute Gasteiger partial charge is 0.374 e. The van der Waals surface area contributed by atoms with E-state index < -0.39 is 11.6 Å². The Morgan fingerprint density at radius 1 is 1.37 bits per heavy atom. The summed E-state index contributed by atoms with van der Waals surface area (Å²) in [5.74, 6) is 0.502.